The van der Waals surface area contributed by atoms with E-state index in [1.807, 2.05) is 20.8 Å². The Labute approximate surface area is 98.3 Å². The van der Waals surface area contributed by atoms with Crippen molar-refractivity contribution in [3.63, 3.8) is 0 Å². The van der Waals surface area contributed by atoms with Gasteiger partial charge in [-0.3, -0.25) is 4.79 Å². The van der Waals surface area contributed by atoms with Gasteiger partial charge in [0.15, 0.2) is 0 Å². The third kappa shape index (κ3) is 7.59. The van der Waals surface area contributed by atoms with E-state index >= 15 is 0 Å². The molecule has 0 fully saturated rings. The number of halogens is 1. The normalized spacial score (nSPS) is 16.1. The SMILES string of the molecule is COCCC(C)NC(=O)C(C)C(C)N.Cl. The van der Waals surface area contributed by atoms with Crippen molar-refractivity contribution in [2.45, 2.75) is 39.3 Å². The number of nitrogens with two attached hydrogens (primary N) is 1. The number of ether oxygens (including phenoxy) is 1. The maximum Gasteiger partial charge on any atom is 0.224 e. The second-order valence-corrected chi connectivity index (χ2v) is 3.84. The first-order valence-electron chi connectivity index (χ1n) is 5.04. The molecule has 0 spiro atoms. The van der Waals surface area contributed by atoms with Crippen LogP contribution in [0.4, 0.5) is 0 Å². The average Bonchev–Trinajstić information content (AvgIpc) is 2.13. The summed E-state index contributed by atoms with van der Waals surface area (Å²) in [5, 5.41) is 2.90. The maximum atomic E-state index is 11.5. The van der Waals surface area contributed by atoms with Crippen molar-refractivity contribution in [2.75, 3.05) is 13.7 Å². The molecule has 0 aromatic rings. The molecule has 0 saturated carbocycles. The van der Waals surface area contributed by atoms with Crippen LogP contribution in [0.3, 0.4) is 0 Å². The van der Waals surface area contributed by atoms with Crippen LogP contribution in [0.15, 0.2) is 0 Å². The van der Waals surface area contributed by atoms with Gasteiger partial charge in [0, 0.05) is 31.7 Å². The van der Waals surface area contributed by atoms with Gasteiger partial charge in [-0.2, -0.15) is 0 Å². The molecule has 3 N–H and O–H groups in total. The highest BCUT2D eigenvalue weighted by molar-refractivity contribution is 5.85. The van der Waals surface area contributed by atoms with Crippen molar-refractivity contribution in [3.05, 3.63) is 0 Å². The van der Waals surface area contributed by atoms with Gasteiger partial charge in [-0.15, -0.1) is 12.4 Å². The van der Waals surface area contributed by atoms with Crippen molar-refractivity contribution >= 4 is 18.3 Å². The van der Waals surface area contributed by atoms with Crippen LogP contribution in [0.5, 0.6) is 0 Å². The average molecular weight is 239 g/mol. The largest absolute Gasteiger partial charge is 0.385 e. The highest BCUT2D eigenvalue weighted by atomic mass is 35.5. The summed E-state index contributed by atoms with van der Waals surface area (Å²) in [4.78, 5) is 11.5. The molecule has 0 aliphatic carbocycles. The zero-order chi connectivity index (χ0) is 11.1. The second-order valence-electron chi connectivity index (χ2n) is 3.84. The lowest BCUT2D eigenvalue weighted by Crippen LogP contribution is -2.42. The highest BCUT2D eigenvalue weighted by Gasteiger charge is 2.18. The van der Waals surface area contributed by atoms with Crippen LogP contribution >= 0.6 is 12.4 Å². The number of methoxy groups -OCH3 is 1. The molecule has 0 rings (SSSR count). The molecular formula is C10H23ClN2O2. The van der Waals surface area contributed by atoms with Gasteiger partial charge in [0.2, 0.25) is 5.91 Å². The van der Waals surface area contributed by atoms with E-state index in [1.54, 1.807) is 7.11 Å². The molecule has 0 aromatic heterocycles. The first-order chi connectivity index (χ1) is 6.49. The van der Waals surface area contributed by atoms with Crippen LogP contribution in [0, 0.1) is 5.92 Å². The Kier molecular flexibility index (Phi) is 10.2. The molecule has 1 amide bonds. The Hall–Kier alpha value is -0.320. The van der Waals surface area contributed by atoms with Crippen LogP contribution in [0.25, 0.3) is 0 Å². The molecule has 0 aromatic carbocycles. The van der Waals surface area contributed by atoms with Crippen molar-refractivity contribution in [2.24, 2.45) is 11.7 Å². The number of carbonyl (C=O) groups excluding carboxylic acids is 1. The molecule has 0 aliphatic rings. The molecular weight excluding hydrogens is 216 g/mol. The van der Waals surface area contributed by atoms with Crippen LogP contribution in [-0.2, 0) is 9.53 Å². The second kappa shape index (κ2) is 8.95. The van der Waals surface area contributed by atoms with Crippen LogP contribution in [-0.4, -0.2) is 31.7 Å². The number of amides is 1. The van der Waals surface area contributed by atoms with E-state index in [0.29, 0.717) is 6.61 Å². The van der Waals surface area contributed by atoms with Gasteiger partial charge >= 0.3 is 0 Å². The summed E-state index contributed by atoms with van der Waals surface area (Å²) >= 11 is 0. The molecule has 0 bridgehead atoms. The lowest BCUT2D eigenvalue weighted by Gasteiger charge is -2.19. The molecule has 0 saturated heterocycles. The lowest BCUT2D eigenvalue weighted by molar-refractivity contribution is -0.125. The Balaban J connectivity index is 0. The lowest BCUT2D eigenvalue weighted by atomic mass is 10.0. The van der Waals surface area contributed by atoms with E-state index in [0.717, 1.165) is 6.42 Å². The smallest absolute Gasteiger partial charge is 0.224 e. The van der Waals surface area contributed by atoms with E-state index in [4.69, 9.17) is 10.5 Å². The monoisotopic (exact) mass is 238 g/mol. The van der Waals surface area contributed by atoms with Gasteiger partial charge in [-0.1, -0.05) is 6.92 Å². The summed E-state index contributed by atoms with van der Waals surface area (Å²) in [5.41, 5.74) is 5.63. The predicted octanol–water partition coefficient (Wildman–Crippen LogP) is 0.933. The van der Waals surface area contributed by atoms with Gasteiger partial charge in [0.25, 0.3) is 0 Å². The number of nitrogens with one attached hydrogen (secondary N) is 1. The summed E-state index contributed by atoms with van der Waals surface area (Å²) in [6.45, 7) is 6.30. The number of rotatable bonds is 6. The summed E-state index contributed by atoms with van der Waals surface area (Å²) in [6, 6.07) is 0.0354. The maximum absolute atomic E-state index is 11.5. The third-order valence-electron chi connectivity index (χ3n) is 2.35. The topological polar surface area (TPSA) is 64.3 Å². The Morgan fingerprint density at radius 1 is 1.40 bits per heavy atom. The number of carbonyl (C=O) groups is 1. The van der Waals surface area contributed by atoms with Crippen LogP contribution < -0.4 is 11.1 Å². The molecule has 5 heteroatoms. The Morgan fingerprint density at radius 3 is 2.33 bits per heavy atom. The summed E-state index contributed by atoms with van der Waals surface area (Å²) in [5.74, 6) is -0.122. The highest BCUT2D eigenvalue weighted by Crippen LogP contribution is 2.01. The molecule has 15 heavy (non-hydrogen) atoms. The van der Waals surface area contributed by atoms with E-state index < -0.39 is 0 Å². The Morgan fingerprint density at radius 2 is 1.93 bits per heavy atom. The van der Waals surface area contributed by atoms with E-state index in [-0.39, 0.29) is 36.3 Å². The van der Waals surface area contributed by atoms with Gasteiger partial charge in [0.1, 0.15) is 0 Å². The third-order valence-corrected chi connectivity index (χ3v) is 2.35. The first-order valence-corrected chi connectivity index (χ1v) is 5.04. The standard InChI is InChI=1S/C10H22N2O2.ClH/c1-7(5-6-14-4)12-10(13)8(2)9(3)11;/h7-9H,5-6,11H2,1-4H3,(H,12,13);1H. The summed E-state index contributed by atoms with van der Waals surface area (Å²) in [7, 11) is 1.65. The van der Waals surface area contributed by atoms with Crippen molar-refractivity contribution in [1.82, 2.24) is 5.32 Å². The fourth-order valence-corrected chi connectivity index (χ4v) is 0.980. The van der Waals surface area contributed by atoms with Gasteiger partial charge in [-0.05, 0) is 20.3 Å². The molecule has 0 aliphatic heterocycles. The molecule has 92 valence electrons. The van der Waals surface area contributed by atoms with Gasteiger partial charge in [-0.25, -0.2) is 0 Å². The van der Waals surface area contributed by atoms with Gasteiger partial charge < -0.3 is 15.8 Å². The zero-order valence-electron chi connectivity index (χ0n) is 9.95. The van der Waals surface area contributed by atoms with Crippen molar-refractivity contribution < 1.29 is 9.53 Å². The van der Waals surface area contributed by atoms with Crippen LogP contribution in [0.2, 0.25) is 0 Å². The van der Waals surface area contributed by atoms with Crippen LogP contribution in [0.1, 0.15) is 27.2 Å². The fraction of sp³-hybridized carbons (Fsp3) is 0.900. The molecule has 3 atom stereocenters. The summed E-state index contributed by atoms with van der Waals surface area (Å²) < 4.78 is 4.93. The molecule has 4 nitrogen and oxygen atoms in total. The van der Waals surface area contributed by atoms with Crippen molar-refractivity contribution in [3.8, 4) is 0 Å². The van der Waals surface area contributed by atoms with E-state index in [9.17, 15) is 4.79 Å². The van der Waals surface area contributed by atoms with E-state index in [1.165, 1.54) is 0 Å². The quantitative estimate of drug-likeness (QED) is 0.724. The number of hydrogen-bond acceptors (Lipinski definition) is 3. The minimum absolute atomic E-state index is 0. The number of hydrogen-bond donors (Lipinski definition) is 2. The molecule has 0 heterocycles. The van der Waals surface area contributed by atoms with Gasteiger partial charge in [0.05, 0.1) is 0 Å². The minimum atomic E-state index is -0.139. The van der Waals surface area contributed by atoms with Crippen molar-refractivity contribution in [1.29, 1.82) is 0 Å². The zero-order valence-corrected chi connectivity index (χ0v) is 10.8. The first kappa shape index (κ1) is 17.1. The minimum Gasteiger partial charge on any atom is -0.385 e. The molecule has 3 unspecified atom stereocenters. The van der Waals surface area contributed by atoms with E-state index in [2.05, 4.69) is 5.32 Å². The predicted molar refractivity (Wildman–Crippen MR) is 64.2 cm³/mol. The molecule has 0 radical (unpaired) electrons. The Bertz CT molecular complexity index is 177. The summed E-state index contributed by atoms with van der Waals surface area (Å²) in [6.07, 6.45) is 0.827. The fourth-order valence-electron chi connectivity index (χ4n) is 0.980.